The van der Waals surface area contributed by atoms with Crippen molar-refractivity contribution in [2.24, 2.45) is 0 Å². The molecular weight excluding hydrogens is 288 g/mol. The Morgan fingerprint density at radius 1 is 1.00 bits per heavy atom. The summed E-state index contributed by atoms with van der Waals surface area (Å²) in [6, 6.07) is 12.1. The Morgan fingerprint density at radius 2 is 1.57 bits per heavy atom. The highest BCUT2D eigenvalue weighted by molar-refractivity contribution is 5.94. The number of aromatic nitrogens is 1. The van der Waals surface area contributed by atoms with Gasteiger partial charge in [-0.1, -0.05) is 0 Å². The van der Waals surface area contributed by atoms with Gasteiger partial charge in [-0.05, 0) is 63.1 Å². The van der Waals surface area contributed by atoms with Gasteiger partial charge in [0.15, 0.2) is 0 Å². The van der Waals surface area contributed by atoms with Gasteiger partial charge in [0.1, 0.15) is 0 Å². The van der Waals surface area contributed by atoms with Crippen molar-refractivity contribution in [2.75, 3.05) is 20.2 Å². The van der Waals surface area contributed by atoms with Crippen LogP contribution in [0, 0.1) is 13.8 Å². The molecule has 1 aliphatic rings. The fraction of sp³-hybridized carbons (Fsp3) is 0.421. The Balaban J connectivity index is 1.74. The number of likely N-dealkylation sites (tertiary alicyclic amines) is 1. The van der Waals surface area contributed by atoms with Gasteiger partial charge in [0.2, 0.25) is 0 Å². The van der Waals surface area contributed by atoms with Crippen LogP contribution in [0.15, 0.2) is 36.4 Å². The molecule has 0 atom stereocenters. The van der Waals surface area contributed by atoms with Gasteiger partial charge in [-0.2, -0.15) is 0 Å². The van der Waals surface area contributed by atoms with E-state index in [2.05, 4.69) is 30.5 Å². The van der Waals surface area contributed by atoms with Crippen molar-refractivity contribution < 1.29 is 9.53 Å². The van der Waals surface area contributed by atoms with Crippen molar-refractivity contribution in [3.63, 3.8) is 0 Å². The molecule has 1 fully saturated rings. The molecule has 2 aromatic rings. The molecule has 1 aliphatic heterocycles. The maximum atomic E-state index is 12.6. The molecule has 0 N–H and O–H groups in total. The van der Waals surface area contributed by atoms with Crippen molar-refractivity contribution in [3.05, 3.63) is 53.3 Å². The van der Waals surface area contributed by atoms with Crippen LogP contribution in [0.4, 0.5) is 0 Å². The molecule has 0 spiro atoms. The zero-order valence-corrected chi connectivity index (χ0v) is 14.1. The third-order valence-electron chi connectivity index (χ3n) is 4.71. The van der Waals surface area contributed by atoms with Gasteiger partial charge in [-0.25, -0.2) is 0 Å². The average molecular weight is 312 g/mol. The molecular formula is C19H24N2O2. The van der Waals surface area contributed by atoms with Gasteiger partial charge in [0.25, 0.3) is 5.91 Å². The van der Waals surface area contributed by atoms with Gasteiger partial charge in [0, 0.05) is 42.8 Å². The van der Waals surface area contributed by atoms with Crippen LogP contribution < -0.4 is 0 Å². The zero-order valence-electron chi connectivity index (χ0n) is 14.1. The number of methoxy groups -OCH3 is 1. The molecule has 1 saturated heterocycles. The summed E-state index contributed by atoms with van der Waals surface area (Å²) in [4.78, 5) is 14.5. The highest BCUT2D eigenvalue weighted by Gasteiger charge is 2.23. The van der Waals surface area contributed by atoms with Gasteiger partial charge in [-0.3, -0.25) is 4.79 Å². The number of nitrogens with zero attached hydrogens (tertiary/aromatic N) is 2. The summed E-state index contributed by atoms with van der Waals surface area (Å²) in [6.45, 7) is 5.72. The lowest BCUT2D eigenvalue weighted by Gasteiger charge is -2.31. The smallest absolute Gasteiger partial charge is 0.253 e. The average Bonchev–Trinajstić information content (AvgIpc) is 2.93. The number of amides is 1. The van der Waals surface area contributed by atoms with Crippen LogP contribution in [-0.4, -0.2) is 41.7 Å². The summed E-state index contributed by atoms with van der Waals surface area (Å²) in [7, 11) is 1.74. The molecule has 0 bridgehead atoms. The molecule has 0 aliphatic carbocycles. The molecule has 3 rings (SSSR count). The minimum atomic E-state index is 0.118. The van der Waals surface area contributed by atoms with Crippen molar-refractivity contribution in [1.29, 1.82) is 0 Å². The Bertz CT molecular complexity index is 660. The molecule has 23 heavy (non-hydrogen) atoms. The van der Waals surface area contributed by atoms with Gasteiger partial charge in [0.05, 0.1) is 6.10 Å². The predicted molar refractivity (Wildman–Crippen MR) is 91.2 cm³/mol. The Morgan fingerprint density at radius 3 is 2.09 bits per heavy atom. The van der Waals surface area contributed by atoms with Crippen LogP contribution in [0.2, 0.25) is 0 Å². The molecule has 122 valence electrons. The van der Waals surface area contributed by atoms with Crippen molar-refractivity contribution in [2.45, 2.75) is 32.8 Å². The molecule has 2 heterocycles. The van der Waals surface area contributed by atoms with E-state index >= 15 is 0 Å². The van der Waals surface area contributed by atoms with E-state index < -0.39 is 0 Å². The molecule has 1 aromatic heterocycles. The van der Waals surface area contributed by atoms with E-state index in [1.165, 1.54) is 11.4 Å². The minimum absolute atomic E-state index is 0.118. The van der Waals surface area contributed by atoms with Gasteiger partial charge < -0.3 is 14.2 Å². The summed E-state index contributed by atoms with van der Waals surface area (Å²) in [5.74, 6) is 0.118. The number of piperidine rings is 1. The van der Waals surface area contributed by atoms with Crippen LogP contribution in [0.1, 0.15) is 34.6 Å². The van der Waals surface area contributed by atoms with Crippen molar-refractivity contribution in [1.82, 2.24) is 9.47 Å². The Labute approximate surface area is 137 Å². The standard InChI is InChI=1S/C19H24N2O2/c1-14-4-5-15(2)21(14)17-8-6-16(7-9-17)19(22)20-12-10-18(23-3)11-13-20/h4-9,18H,10-13H2,1-3H3. The third kappa shape index (κ3) is 3.17. The first kappa shape index (κ1) is 15.8. The zero-order chi connectivity index (χ0) is 16.4. The predicted octanol–water partition coefficient (Wildman–Crippen LogP) is 3.35. The second kappa shape index (κ2) is 6.59. The van der Waals surface area contributed by atoms with Crippen LogP contribution in [0.5, 0.6) is 0 Å². The number of ether oxygens (including phenoxy) is 1. The lowest BCUT2D eigenvalue weighted by Crippen LogP contribution is -2.40. The third-order valence-corrected chi connectivity index (χ3v) is 4.71. The number of carbonyl (C=O) groups excluding carboxylic acids is 1. The maximum Gasteiger partial charge on any atom is 0.253 e. The molecule has 4 heteroatoms. The number of aryl methyl sites for hydroxylation is 2. The molecule has 1 aromatic carbocycles. The monoisotopic (exact) mass is 312 g/mol. The minimum Gasteiger partial charge on any atom is -0.381 e. The maximum absolute atomic E-state index is 12.6. The first-order valence-corrected chi connectivity index (χ1v) is 8.17. The summed E-state index contributed by atoms with van der Waals surface area (Å²) in [6.07, 6.45) is 2.13. The highest BCUT2D eigenvalue weighted by Crippen LogP contribution is 2.19. The summed E-state index contributed by atoms with van der Waals surface area (Å²) < 4.78 is 7.56. The lowest BCUT2D eigenvalue weighted by atomic mass is 10.1. The molecule has 0 unspecified atom stereocenters. The summed E-state index contributed by atoms with van der Waals surface area (Å²) >= 11 is 0. The SMILES string of the molecule is COC1CCN(C(=O)c2ccc(-n3c(C)ccc3C)cc2)CC1. The van der Waals surface area contributed by atoms with Crippen molar-refractivity contribution >= 4 is 5.91 Å². The number of benzene rings is 1. The van der Waals surface area contributed by atoms with E-state index in [9.17, 15) is 4.79 Å². The van der Waals surface area contributed by atoms with Crippen molar-refractivity contribution in [3.8, 4) is 5.69 Å². The second-order valence-corrected chi connectivity index (χ2v) is 6.23. The second-order valence-electron chi connectivity index (χ2n) is 6.23. The first-order chi connectivity index (χ1) is 11.1. The highest BCUT2D eigenvalue weighted by atomic mass is 16.5. The number of hydrogen-bond acceptors (Lipinski definition) is 2. The van der Waals surface area contributed by atoms with Crippen LogP contribution >= 0.6 is 0 Å². The van der Waals surface area contributed by atoms with E-state index in [1.807, 2.05) is 29.2 Å². The largest absolute Gasteiger partial charge is 0.381 e. The van der Waals surface area contributed by atoms with Gasteiger partial charge >= 0.3 is 0 Å². The Hall–Kier alpha value is -2.07. The molecule has 4 nitrogen and oxygen atoms in total. The lowest BCUT2D eigenvalue weighted by molar-refractivity contribution is 0.0351. The number of hydrogen-bond donors (Lipinski definition) is 0. The summed E-state index contributed by atoms with van der Waals surface area (Å²) in [5.41, 5.74) is 4.25. The summed E-state index contributed by atoms with van der Waals surface area (Å²) in [5, 5.41) is 0. The fourth-order valence-electron chi connectivity index (χ4n) is 3.31. The van der Waals surface area contributed by atoms with E-state index in [0.717, 1.165) is 37.2 Å². The Kier molecular flexibility index (Phi) is 4.53. The van der Waals surface area contributed by atoms with Gasteiger partial charge in [-0.15, -0.1) is 0 Å². The quantitative estimate of drug-likeness (QED) is 0.871. The normalized spacial score (nSPS) is 15.9. The van der Waals surface area contributed by atoms with Crippen LogP contribution in [-0.2, 0) is 4.74 Å². The van der Waals surface area contributed by atoms with E-state index in [-0.39, 0.29) is 5.91 Å². The first-order valence-electron chi connectivity index (χ1n) is 8.17. The number of carbonyl (C=O) groups is 1. The van der Waals surface area contributed by atoms with E-state index in [1.54, 1.807) is 7.11 Å². The van der Waals surface area contributed by atoms with Crippen LogP contribution in [0.3, 0.4) is 0 Å². The topological polar surface area (TPSA) is 34.5 Å². The number of rotatable bonds is 3. The van der Waals surface area contributed by atoms with E-state index in [0.29, 0.717) is 6.10 Å². The molecule has 1 amide bonds. The van der Waals surface area contributed by atoms with E-state index in [4.69, 9.17) is 4.74 Å². The molecule has 0 saturated carbocycles. The fourth-order valence-corrected chi connectivity index (χ4v) is 3.31. The molecule has 0 radical (unpaired) electrons. The van der Waals surface area contributed by atoms with Crippen LogP contribution in [0.25, 0.3) is 5.69 Å².